The average molecular weight is 451 g/mol. The molecule has 1 heterocycles. The highest BCUT2D eigenvalue weighted by atomic mass is 79.9. The number of carbonyl (C=O) groups excluding carboxylic acids is 1. The van der Waals surface area contributed by atoms with Gasteiger partial charge in [0.2, 0.25) is 0 Å². The molecule has 3 rings (SSSR count). The van der Waals surface area contributed by atoms with Crippen LogP contribution in [0.25, 0.3) is 27.5 Å². The Bertz CT molecular complexity index is 1060. The van der Waals surface area contributed by atoms with Crippen molar-refractivity contribution < 1.29 is 4.79 Å². The van der Waals surface area contributed by atoms with E-state index in [1.807, 2.05) is 24.3 Å². The van der Waals surface area contributed by atoms with Crippen molar-refractivity contribution in [2.75, 3.05) is 0 Å². The van der Waals surface area contributed by atoms with E-state index < -0.39 is 5.91 Å². The predicted molar refractivity (Wildman–Crippen MR) is 105 cm³/mol. The molecule has 0 saturated carbocycles. The second-order valence-corrected chi connectivity index (χ2v) is 7.06. The molecule has 0 fully saturated rings. The van der Waals surface area contributed by atoms with Crippen LogP contribution in [0.5, 0.6) is 0 Å². The second kappa shape index (κ2) is 7.51. The molecule has 3 aromatic rings. The Morgan fingerprint density at radius 1 is 1.23 bits per heavy atom. The van der Waals surface area contributed by atoms with Crippen molar-refractivity contribution in [3.63, 3.8) is 0 Å². The number of nitrogens with zero attached hydrogens (tertiary/aromatic N) is 5. The van der Waals surface area contributed by atoms with E-state index in [1.54, 1.807) is 29.7 Å². The standard InChI is InChI=1S/C17H10BrCl2N5O/c1-9-15(17(26)23-24-21)22-16(13-7-4-11(19)8-14(13)20)25(9)12-5-2-10(18)3-6-12/h2-8H,1H3. The first-order chi connectivity index (χ1) is 12.4. The Labute approximate surface area is 167 Å². The van der Waals surface area contributed by atoms with Crippen molar-refractivity contribution in [2.24, 2.45) is 5.11 Å². The van der Waals surface area contributed by atoms with E-state index in [1.165, 1.54) is 0 Å². The van der Waals surface area contributed by atoms with Crippen molar-refractivity contribution in [2.45, 2.75) is 6.92 Å². The molecule has 26 heavy (non-hydrogen) atoms. The quantitative estimate of drug-likeness (QED) is 0.264. The summed E-state index contributed by atoms with van der Waals surface area (Å²) in [5, 5.41) is 4.03. The van der Waals surface area contributed by atoms with Crippen molar-refractivity contribution in [1.29, 1.82) is 0 Å². The monoisotopic (exact) mass is 449 g/mol. The number of aromatic nitrogens is 2. The summed E-state index contributed by atoms with van der Waals surface area (Å²) in [6.45, 7) is 1.72. The van der Waals surface area contributed by atoms with Crippen LogP contribution in [0.4, 0.5) is 0 Å². The Morgan fingerprint density at radius 2 is 1.92 bits per heavy atom. The zero-order valence-electron chi connectivity index (χ0n) is 13.3. The zero-order valence-corrected chi connectivity index (χ0v) is 16.4. The molecule has 1 aromatic heterocycles. The van der Waals surface area contributed by atoms with Gasteiger partial charge in [-0.2, -0.15) is 0 Å². The third-order valence-electron chi connectivity index (χ3n) is 3.70. The summed E-state index contributed by atoms with van der Waals surface area (Å²) in [6, 6.07) is 12.5. The fourth-order valence-corrected chi connectivity index (χ4v) is 3.31. The van der Waals surface area contributed by atoms with E-state index in [0.717, 1.165) is 10.2 Å². The summed E-state index contributed by atoms with van der Waals surface area (Å²) >= 11 is 15.7. The average Bonchev–Trinajstić information content (AvgIpc) is 2.93. The van der Waals surface area contributed by atoms with Gasteiger partial charge in [-0.15, -0.1) is 0 Å². The van der Waals surface area contributed by atoms with E-state index in [9.17, 15) is 4.79 Å². The predicted octanol–water partition coefficient (Wildman–Crippen LogP) is 6.37. The van der Waals surface area contributed by atoms with Crippen molar-refractivity contribution in [3.8, 4) is 17.1 Å². The number of azide groups is 1. The van der Waals surface area contributed by atoms with Crippen LogP contribution in [0.1, 0.15) is 16.2 Å². The first-order valence-corrected chi connectivity index (χ1v) is 8.87. The first kappa shape index (κ1) is 18.5. The van der Waals surface area contributed by atoms with E-state index >= 15 is 0 Å². The van der Waals surface area contributed by atoms with Gasteiger partial charge in [0.1, 0.15) is 11.5 Å². The molecule has 130 valence electrons. The SMILES string of the molecule is Cc1c(C(=O)N=[N+]=[N-])nc(-c2ccc(Cl)cc2Cl)n1-c1ccc(Br)cc1. The number of halogens is 3. The number of hydrogen-bond donors (Lipinski definition) is 0. The lowest BCUT2D eigenvalue weighted by molar-refractivity contribution is 0.0995. The van der Waals surface area contributed by atoms with Gasteiger partial charge in [0.25, 0.3) is 5.91 Å². The lowest BCUT2D eigenvalue weighted by Crippen LogP contribution is -2.01. The van der Waals surface area contributed by atoms with E-state index in [4.69, 9.17) is 28.7 Å². The summed E-state index contributed by atoms with van der Waals surface area (Å²) in [7, 11) is 0. The van der Waals surface area contributed by atoms with Gasteiger partial charge in [-0.25, -0.2) is 4.98 Å². The fraction of sp³-hybridized carbons (Fsp3) is 0.0588. The van der Waals surface area contributed by atoms with Gasteiger partial charge < -0.3 is 0 Å². The molecule has 0 saturated heterocycles. The highest BCUT2D eigenvalue weighted by Gasteiger charge is 2.22. The van der Waals surface area contributed by atoms with E-state index in [2.05, 4.69) is 30.9 Å². The Balaban J connectivity index is 2.31. The molecule has 0 aliphatic carbocycles. The molecular weight excluding hydrogens is 441 g/mol. The molecule has 1 amide bonds. The summed E-state index contributed by atoms with van der Waals surface area (Å²) in [6.07, 6.45) is 0. The van der Waals surface area contributed by atoms with Crippen molar-refractivity contribution in [3.05, 3.63) is 78.8 Å². The smallest absolute Gasteiger partial charge is 0.269 e. The Morgan fingerprint density at radius 3 is 2.54 bits per heavy atom. The maximum Gasteiger partial charge on any atom is 0.269 e. The third-order valence-corrected chi connectivity index (χ3v) is 4.78. The van der Waals surface area contributed by atoms with Gasteiger partial charge in [-0.05, 0) is 60.0 Å². The minimum Gasteiger partial charge on any atom is -0.296 e. The lowest BCUT2D eigenvalue weighted by Gasteiger charge is -2.11. The molecular formula is C17H10BrCl2N5O. The van der Waals surface area contributed by atoms with Crippen LogP contribution < -0.4 is 0 Å². The van der Waals surface area contributed by atoms with Gasteiger partial charge in [-0.3, -0.25) is 9.36 Å². The van der Waals surface area contributed by atoms with Crippen LogP contribution in [-0.4, -0.2) is 15.5 Å². The molecule has 0 aliphatic rings. The maximum atomic E-state index is 12.1. The summed E-state index contributed by atoms with van der Waals surface area (Å²) in [5.74, 6) is -0.310. The van der Waals surface area contributed by atoms with Gasteiger partial charge in [0.05, 0.1) is 10.7 Å². The topological polar surface area (TPSA) is 83.7 Å². The van der Waals surface area contributed by atoms with Crippen LogP contribution in [0, 0.1) is 6.92 Å². The minimum absolute atomic E-state index is 0.0618. The minimum atomic E-state index is -0.757. The van der Waals surface area contributed by atoms with Gasteiger partial charge >= 0.3 is 0 Å². The normalized spacial score (nSPS) is 10.5. The van der Waals surface area contributed by atoms with Gasteiger partial charge in [0, 0.05) is 25.7 Å². The number of imidazole rings is 1. The van der Waals surface area contributed by atoms with Crippen molar-refractivity contribution >= 4 is 45.0 Å². The highest BCUT2D eigenvalue weighted by Crippen LogP contribution is 2.33. The molecule has 0 unspecified atom stereocenters. The van der Waals surface area contributed by atoms with Crippen LogP contribution >= 0.6 is 39.1 Å². The maximum absolute atomic E-state index is 12.1. The number of rotatable bonds is 3. The van der Waals surface area contributed by atoms with Gasteiger partial charge in [0.15, 0.2) is 0 Å². The fourth-order valence-electron chi connectivity index (χ4n) is 2.55. The number of amides is 1. The summed E-state index contributed by atoms with van der Waals surface area (Å²) < 4.78 is 2.69. The number of benzene rings is 2. The molecule has 0 bridgehead atoms. The summed E-state index contributed by atoms with van der Waals surface area (Å²) in [4.78, 5) is 19.1. The van der Waals surface area contributed by atoms with Crippen LogP contribution in [0.2, 0.25) is 10.0 Å². The van der Waals surface area contributed by atoms with E-state index in [-0.39, 0.29) is 5.69 Å². The van der Waals surface area contributed by atoms with Crippen LogP contribution in [-0.2, 0) is 0 Å². The van der Waals surface area contributed by atoms with Gasteiger partial charge in [-0.1, -0.05) is 39.1 Å². The van der Waals surface area contributed by atoms with Crippen molar-refractivity contribution in [1.82, 2.24) is 9.55 Å². The molecule has 0 spiro atoms. The van der Waals surface area contributed by atoms with Crippen LogP contribution in [0.3, 0.4) is 0 Å². The first-order valence-electron chi connectivity index (χ1n) is 7.32. The Kier molecular flexibility index (Phi) is 5.34. The number of hydrogen-bond acceptors (Lipinski definition) is 2. The zero-order chi connectivity index (χ0) is 18.8. The molecule has 0 atom stereocenters. The summed E-state index contributed by atoms with van der Waals surface area (Å²) in [5.41, 5.74) is 10.5. The molecule has 2 aromatic carbocycles. The molecule has 0 radical (unpaired) electrons. The number of carbonyl (C=O) groups is 1. The third kappa shape index (κ3) is 3.48. The Hall–Kier alpha value is -2.31. The molecule has 0 aliphatic heterocycles. The molecule has 9 heteroatoms. The highest BCUT2D eigenvalue weighted by molar-refractivity contribution is 9.10. The molecule has 6 nitrogen and oxygen atoms in total. The largest absolute Gasteiger partial charge is 0.296 e. The van der Waals surface area contributed by atoms with E-state index in [0.29, 0.717) is 27.1 Å². The lowest BCUT2D eigenvalue weighted by atomic mass is 10.2. The molecule has 0 N–H and O–H groups in total. The van der Waals surface area contributed by atoms with Crippen LogP contribution in [0.15, 0.2) is 52.1 Å². The second-order valence-electron chi connectivity index (χ2n) is 5.30.